The molecule has 7 heteroatoms. The number of hydrogen-bond acceptors (Lipinski definition) is 6. The van der Waals surface area contributed by atoms with Crippen molar-refractivity contribution in [3.63, 3.8) is 0 Å². The molecule has 134 valence electrons. The number of thioether (sulfide) groups is 1. The van der Waals surface area contributed by atoms with Crippen LogP contribution in [0.15, 0.2) is 53.2 Å². The quantitative estimate of drug-likeness (QED) is 0.762. The average Bonchev–Trinajstić information content (AvgIpc) is 3.25. The number of rotatable bonds is 3. The van der Waals surface area contributed by atoms with Gasteiger partial charge in [-0.15, -0.1) is 0 Å². The highest BCUT2D eigenvalue weighted by Gasteiger charge is 2.32. The molecule has 4 rings (SSSR count). The number of nitriles is 1. The minimum Gasteiger partial charge on any atom is -0.454 e. The number of carbonyl (C=O) groups is 1. The maximum absolute atomic E-state index is 13.0. The highest BCUT2D eigenvalue weighted by molar-refractivity contribution is 8.14. The van der Waals surface area contributed by atoms with Crippen molar-refractivity contribution in [3.05, 3.63) is 59.3 Å². The molecule has 2 aliphatic heterocycles. The summed E-state index contributed by atoms with van der Waals surface area (Å²) in [7, 11) is 0. The number of ether oxygens (including phenoxy) is 2. The van der Waals surface area contributed by atoms with E-state index >= 15 is 0 Å². The van der Waals surface area contributed by atoms with Gasteiger partial charge in [0.2, 0.25) is 6.79 Å². The van der Waals surface area contributed by atoms with E-state index in [0.29, 0.717) is 22.4 Å². The molecule has 2 aromatic carbocycles. The van der Waals surface area contributed by atoms with Crippen LogP contribution in [-0.4, -0.2) is 23.6 Å². The minimum atomic E-state index is -0.225. The van der Waals surface area contributed by atoms with Gasteiger partial charge in [-0.2, -0.15) is 5.26 Å². The summed E-state index contributed by atoms with van der Waals surface area (Å²) in [6.45, 7) is 2.18. The average molecular weight is 377 g/mol. The summed E-state index contributed by atoms with van der Waals surface area (Å²) in [4.78, 5) is 19.0. The lowest BCUT2D eigenvalue weighted by Crippen LogP contribution is -2.30. The second kappa shape index (κ2) is 7.17. The highest BCUT2D eigenvalue weighted by atomic mass is 32.2. The fourth-order valence-corrected chi connectivity index (χ4v) is 3.45. The van der Waals surface area contributed by atoms with Gasteiger partial charge < -0.3 is 9.47 Å². The molecule has 0 aliphatic carbocycles. The van der Waals surface area contributed by atoms with Gasteiger partial charge in [-0.25, -0.2) is 4.99 Å². The first-order valence-electron chi connectivity index (χ1n) is 8.26. The van der Waals surface area contributed by atoms with Crippen LogP contribution in [0.5, 0.6) is 11.5 Å². The first-order chi connectivity index (χ1) is 13.2. The summed E-state index contributed by atoms with van der Waals surface area (Å²) in [5.41, 5.74) is 2.94. The Morgan fingerprint density at radius 2 is 2.00 bits per heavy atom. The van der Waals surface area contributed by atoms with E-state index in [9.17, 15) is 4.79 Å². The number of amidine groups is 1. The van der Waals surface area contributed by atoms with E-state index in [-0.39, 0.29) is 18.5 Å². The molecule has 0 saturated heterocycles. The Kier molecular flexibility index (Phi) is 4.57. The van der Waals surface area contributed by atoms with Crippen LogP contribution in [-0.2, 0) is 4.79 Å². The summed E-state index contributed by atoms with van der Waals surface area (Å²) < 4.78 is 10.7. The van der Waals surface area contributed by atoms with Crippen LogP contribution < -0.4 is 14.4 Å². The van der Waals surface area contributed by atoms with E-state index in [2.05, 4.69) is 11.1 Å². The van der Waals surface area contributed by atoms with Crippen LogP contribution in [0, 0.1) is 18.3 Å². The van der Waals surface area contributed by atoms with Crippen LogP contribution in [0.2, 0.25) is 0 Å². The number of amides is 1. The smallest absolute Gasteiger partial charge is 0.283 e. The summed E-state index contributed by atoms with van der Waals surface area (Å²) in [6.07, 6.45) is 1.71. The Labute approximate surface area is 160 Å². The third-order valence-corrected chi connectivity index (χ3v) is 4.89. The predicted molar refractivity (Wildman–Crippen MR) is 105 cm³/mol. The maximum atomic E-state index is 13.0. The molecule has 0 fully saturated rings. The Balaban J connectivity index is 1.69. The number of hydrogen-bond donors (Lipinski definition) is 0. The van der Waals surface area contributed by atoms with E-state index in [1.165, 1.54) is 11.8 Å². The van der Waals surface area contributed by atoms with Crippen LogP contribution in [0.25, 0.3) is 6.08 Å². The molecular formula is C20H15N3O3S. The highest BCUT2D eigenvalue weighted by Crippen LogP contribution is 2.34. The van der Waals surface area contributed by atoms with Crippen molar-refractivity contribution in [1.82, 2.24) is 0 Å². The molecule has 2 heterocycles. The standard InChI is InChI=1S/C20H15N3O3S/c1-13-2-5-15(6-3-13)23-19(24)16(22-20(23)27-9-8-21)10-14-4-7-17-18(11-14)26-12-25-17/h2-7,10-11H,9,12H2,1H3. The van der Waals surface area contributed by atoms with E-state index in [0.717, 1.165) is 16.8 Å². The van der Waals surface area contributed by atoms with Gasteiger partial charge in [0.25, 0.3) is 5.91 Å². The number of fused-ring (bicyclic) bond motifs is 1. The van der Waals surface area contributed by atoms with Crippen LogP contribution in [0.1, 0.15) is 11.1 Å². The lowest BCUT2D eigenvalue weighted by Gasteiger charge is -2.17. The van der Waals surface area contributed by atoms with Gasteiger partial charge in [0.05, 0.1) is 17.5 Å². The van der Waals surface area contributed by atoms with E-state index in [1.807, 2.05) is 43.3 Å². The Morgan fingerprint density at radius 1 is 1.22 bits per heavy atom. The van der Waals surface area contributed by atoms with Crippen molar-refractivity contribution >= 4 is 34.6 Å². The van der Waals surface area contributed by atoms with Gasteiger partial charge >= 0.3 is 0 Å². The van der Waals surface area contributed by atoms with E-state index < -0.39 is 0 Å². The first kappa shape index (κ1) is 17.2. The molecule has 1 amide bonds. The van der Waals surface area contributed by atoms with Crippen LogP contribution >= 0.6 is 11.8 Å². The summed E-state index contributed by atoms with van der Waals surface area (Å²) >= 11 is 1.24. The number of carbonyl (C=O) groups excluding carboxylic acids is 1. The fraction of sp³-hybridized carbons (Fsp3) is 0.150. The largest absolute Gasteiger partial charge is 0.454 e. The summed E-state index contributed by atoms with van der Waals surface area (Å²) in [5.74, 6) is 1.32. The number of nitrogens with zero attached hydrogens (tertiary/aromatic N) is 3. The van der Waals surface area contributed by atoms with Gasteiger partial charge in [0, 0.05) is 0 Å². The number of benzene rings is 2. The van der Waals surface area contributed by atoms with Crippen LogP contribution in [0.4, 0.5) is 5.69 Å². The van der Waals surface area contributed by atoms with Gasteiger partial charge in [-0.1, -0.05) is 35.5 Å². The fourth-order valence-electron chi connectivity index (χ4n) is 2.77. The summed E-state index contributed by atoms with van der Waals surface area (Å²) in [6, 6.07) is 15.2. The predicted octanol–water partition coefficient (Wildman–Crippen LogP) is 3.72. The van der Waals surface area contributed by atoms with Crippen molar-refractivity contribution in [1.29, 1.82) is 5.26 Å². The number of aryl methyl sites for hydroxylation is 1. The molecule has 2 aromatic rings. The zero-order chi connectivity index (χ0) is 18.8. The van der Waals surface area contributed by atoms with Gasteiger partial charge in [-0.3, -0.25) is 9.69 Å². The second-order valence-corrected chi connectivity index (χ2v) is 6.90. The van der Waals surface area contributed by atoms with E-state index in [1.54, 1.807) is 17.0 Å². The third kappa shape index (κ3) is 3.39. The SMILES string of the molecule is Cc1ccc(N2C(=O)C(=Cc3ccc4c(c3)OCO4)N=C2SCC#N)cc1. The van der Waals surface area contributed by atoms with Gasteiger partial charge in [0.1, 0.15) is 5.70 Å². The van der Waals surface area contributed by atoms with Crippen molar-refractivity contribution in [2.75, 3.05) is 17.4 Å². The molecule has 0 N–H and O–H groups in total. The first-order valence-corrected chi connectivity index (χ1v) is 9.25. The number of anilines is 1. The Bertz CT molecular complexity index is 1010. The molecule has 0 aromatic heterocycles. The zero-order valence-electron chi connectivity index (χ0n) is 14.5. The normalized spacial score (nSPS) is 16.6. The third-order valence-electron chi connectivity index (χ3n) is 4.09. The molecule has 0 atom stereocenters. The Morgan fingerprint density at radius 3 is 2.78 bits per heavy atom. The Hall–Kier alpha value is -3.24. The molecule has 0 saturated carbocycles. The molecule has 27 heavy (non-hydrogen) atoms. The van der Waals surface area contributed by atoms with Gasteiger partial charge in [0.15, 0.2) is 16.7 Å². The zero-order valence-corrected chi connectivity index (χ0v) is 15.3. The molecule has 6 nitrogen and oxygen atoms in total. The van der Waals surface area contributed by atoms with E-state index in [4.69, 9.17) is 14.7 Å². The van der Waals surface area contributed by atoms with Crippen LogP contribution in [0.3, 0.4) is 0 Å². The van der Waals surface area contributed by atoms with Crippen molar-refractivity contribution < 1.29 is 14.3 Å². The molecular weight excluding hydrogens is 362 g/mol. The lowest BCUT2D eigenvalue weighted by molar-refractivity contribution is -0.113. The molecule has 0 bridgehead atoms. The lowest BCUT2D eigenvalue weighted by atomic mass is 10.1. The second-order valence-electron chi connectivity index (χ2n) is 5.96. The number of aliphatic imine (C=N–C) groups is 1. The van der Waals surface area contributed by atoms with Gasteiger partial charge in [-0.05, 0) is 42.8 Å². The van der Waals surface area contributed by atoms with Crippen molar-refractivity contribution in [2.45, 2.75) is 6.92 Å². The molecule has 0 spiro atoms. The molecule has 0 unspecified atom stereocenters. The minimum absolute atomic E-state index is 0.197. The van der Waals surface area contributed by atoms with Crippen molar-refractivity contribution in [2.24, 2.45) is 4.99 Å². The summed E-state index contributed by atoms with van der Waals surface area (Å²) in [5, 5.41) is 9.40. The van der Waals surface area contributed by atoms with Crippen molar-refractivity contribution in [3.8, 4) is 17.6 Å². The molecule has 2 aliphatic rings. The monoisotopic (exact) mass is 377 g/mol. The molecule has 0 radical (unpaired) electrons. The maximum Gasteiger partial charge on any atom is 0.283 e. The topological polar surface area (TPSA) is 74.9 Å².